The minimum atomic E-state index is -0.479. The summed E-state index contributed by atoms with van der Waals surface area (Å²) in [6.07, 6.45) is 11.4. The second kappa shape index (κ2) is 43.6. The highest BCUT2D eigenvalue weighted by Crippen LogP contribution is 2.33. The summed E-state index contributed by atoms with van der Waals surface area (Å²) >= 11 is 4.34. The highest BCUT2D eigenvalue weighted by atomic mass is 32.2. The first kappa shape index (κ1) is 75.2. The summed E-state index contributed by atoms with van der Waals surface area (Å²) in [5.74, 6) is -3.00. The molecule has 8 amide bonds. The molecule has 0 atom stereocenters. The zero-order valence-corrected chi connectivity index (χ0v) is 53.5. The number of rotatable bonds is 29. The van der Waals surface area contributed by atoms with E-state index in [1.54, 1.807) is 115 Å². The van der Waals surface area contributed by atoms with Gasteiger partial charge in [0.1, 0.15) is 0 Å². The van der Waals surface area contributed by atoms with Gasteiger partial charge >= 0.3 is 0 Å². The first-order chi connectivity index (χ1) is 42.7. The molecule has 5 aromatic rings. The van der Waals surface area contributed by atoms with Crippen LogP contribution in [0.4, 0.5) is 0 Å². The third-order valence-electron chi connectivity index (χ3n) is 12.7. The van der Waals surface area contributed by atoms with Gasteiger partial charge in [-0.15, -0.1) is 0 Å². The summed E-state index contributed by atoms with van der Waals surface area (Å²) in [4.78, 5) is 142. The SMILES string of the molecule is CCCCC(=O)Sc1ccccc1C(=O)NCCC(N)=O.CCCCCC(=O)Sc1ccccc1C(=O)NCCC(N)=O.NC(=O)CCNC(=O)c1ccccc1SC(=O)C1CCCCC1.NC(=O)CCNC(=O)c1ccccc1SC(=O)c1ccccc1. The van der Waals surface area contributed by atoms with Gasteiger partial charge in [0.15, 0.2) is 15.3 Å². The van der Waals surface area contributed by atoms with E-state index >= 15 is 0 Å². The quantitative estimate of drug-likeness (QED) is 0.0163. The topological polar surface area (TPSA) is 357 Å². The number of thioether (sulfide) groups is 4. The van der Waals surface area contributed by atoms with E-state index < -0.39 is 23.6 Å². The molecule has 0 heterocycles. The van der Waals surface area contributed by atoms with Crippen LogP contribution in [0.3, 0.4) is 0 Å². The zero-order valence-electron chi connectivity index (χ0n) is 50.2. The Hall–Kier alpha value is -8.06. The van der Waals surface area contributed by atoms with Crippen molar-refractivity contribution < 1.29 is 57.5 Å². The number of primary amides is 4. The molecule has 5 aromatic carbocycles. The lowest BCUT2D eigenvalue weighted by atomic mass is 9.90. The first-order valence-corrected chi connectivity index (χ1v) is 32.5. The van der Waals surface area contributed by atoms with Crippen LogP contribution in [0.15, 0.2) is 147 Å². The molecule has 0 saturated heterocycles. The predicted octanol–water partition coefficient (Wildman–Crippen LogP) is 9.31. The molecule has 24 heteroatoms. The van der Waals surface area contributed by atoms with Crippen molar-refractivity contribution in [3.8, 4) is 0 Å². The van der Waals surface area contributed by atoms with Crippen molar-refractivity contribution in [3.05, 3.63) is 155 Å². The molecule has 0 unspecified atom stereocenters. The molecule has 0 radical (unpaired) electrons. The van der Waals surface area contributed by atoms with Crippen molar-refractivity contribution in [1.82, 2.24) is 21.3 Å². The molecule has 0 aromatic heterocycles. The van der Waals surface area contributed by atoms with Crippen LogP contribution in [0.2, 0.25) is 0 Å². The third-order valence-corrected chi connectivity index (χ3v) is 16.8. The van der Waals surface area contributed by atoms with Crippen molar-refractivity contribution in [3.63, 3.8) is 0 Å². The molecule has 89 heavy (non-hydrogen) atoms. The number of carbonyl (C=O) groups is 12. The van der Waals surface area contributed by atoms with Crippen LogP contribution in [0.5, 0.6) is 0 Å². The number of hydrogen-bond donors (Lipinski definition) is 8. The average Bonchev–Trinajstić information content (AvgIpc) is 3.73. The fourth-order valence-corrected chi connectivity index (χ4v) is 11.7. The fraction of sp³-hybridized carbons (Fsp3) is 0.354. The molecular weight excluding hydrogens is 1210 g/mol. The monoisotopic (exact) mass is 1290 g/mol. The molecule has 1 saturated carbocycles. The van der Waals surface area contributed by atoms with Crippen LogP contribution in [0, 0.1) is 5.92 Å². The second-order valence-corrected chi connectivity index (χ2v) is 24.2. The second-order valence-electron chi connectivity index (χ2n) is 19.9. The Kier molecular flexibility index (Phi) is 36.8. The largest absolute Gasteiger partial charge is 0.370 e. The maximum absolute atomic E-state index is 12.4. The van der Waals surface area contributed by atoms with Gasteiger partial charge in [-0.05, 0) is 86.0 Å². The summed E-state index contributed by atoms with van der Waals surface area (Å²) in [7, 11) is 0. The molecule has 476 valence electrons. The highest BCUT2D eigenvalue weighted by Gasteiger charge is 2.24. The van der Waals surface area contributed by atoms with Crippen molar-refractivity contribution in [1.29, 1.82) is 0 Å². The van der Waals surface area contributed by atoms with Gasteiger partial charge in [-0.2, -0.15) is 0 Å². The van der Waals surface area contributed by atoms with E-state index in [1.165, 1.54) is 6.42 Å². The molecule has 1 fully saturated rings. The van der Waals surface area contributed by atoms with E-state index in [2.05, 4.69) is 28.2 Å². The van der Waals surface area contributed by atoms with Crippen molar-refractivity contribution in [2.75, 3.05) is 26.2 Å². The van der Waals surface area contributed by atoms with Crippen LogP contribution in [0.25, 0.3) is 0 Å². The van der Waals surface area contributed by atoms with Gasteiger partial charge in [-0.3, -0.25) is 57.5 Å². The van der Waals surface area contributed by atoms with E-state index in [0.717, 1.165) is 105 Å². The first-order valence-electron chi connectivity index (χ1n) is 29.3. The summed E-state index contributed by atoms with van der Waals surface area (Å²) in [6, 6.07) is 36.7. The fourth-order valence-electron chi connectivity index (χ4n) is 8.00. The number of carbonyl (C=O) groups excluding carboxylic acids is 12. The molecule has 12 N–H and O–H groups in total. The number of amides is 8. The lowest BCUT2D eigenvalue weighted by Gasteiger charge is -2.20. The summed E-state index contributed by atoms with van der Waals surface area (Å²) in [6.45, 7) is 4.86. The Morgan fingerprint density at radius 3 is 1.03 bits per heavy atom. The maximum atomic E-state index is 12.4. The standard InChI is InChI=1S/C17H22N2O3S.C17H16N2O3S.C16H22N2O3S.C15H20N2O3S/c2*18-15(20)10-11-19-16(21)13-8-4-5-9-14(13)23-17(22)12-6-2-1-3-7-12;1-2-3-4-9-15(20)22-13-8-6-5-7-12(13)16(21)18-11-10-14(17)19;1-2-3-8-14(19)21-12-7-5-4-6-11(12)15(20)17-10-9-13(16)18/h4-5,8-9,12H,1-3,6-7,10-11H2,(H2,18,20)(H,19,21);1-9H,10-11H2,(H2,18,20)(H,19,21);5-8H,2-4,9-11H2,1H3,(H2,17,19)(H,18,21);4-7H,2-3,8-10H2,1H3,(H2,16,18)(H,17,20). The van der Waals surface area contributed by atoms with Crippen molar-refractivity contribution >= 4 is 115 Å². The van der Waals surface area contributed by atoms with Crippen LogP contribution in [-0.2, 0) is 33.6 Å². The number of nitrogens with one attached hydrogen (secondary N) is 4. The van der Waals surface area contributed by atoms with Gasteiger partial charge in [0.05, 0.1) is 22.3 Å². The van der Waals surface area contributed by atoms with E-state index in [0.29, 0.717) is 60.2 Å². The van der Waals surface area contributed by atoms with E-state index in [1.807, 2.05) is 19.1 Å². The minimum Gasteiger partial charge on any atom is -0.370 e. The molecule has 6 rings (SSSR count). The molecule has 20 nitrogen and oxygen atoms in total. The van der Waals surface area contributed by atoms with Gasteiger partial charge < -0.3 is 44.2 Å². The predicted molar refractivity (Wildman–Crippen MR) is 350 cm³/mol. The van der Waals surface area contributed by atoms with Crippen LogP contribution in [-0.4, -0.2) is 93.9 Å². The third kappa shape index (κ3) is 31.1. The van der Waals surface area contributed by atoms with Crippen LogP contribution < -0.4 is 44.2 Å². The highest BCUT2D eigenvalue weighted by molar-refractivity contribution is 8.14. The van der Waals surface area contributed by atoms with E-state index in [-0.39, 0.29) is 102 Å². The maximum Gasteiger partial charge on any atom is 0.252 e. The number of benzene rings is 5. The smallest absolute Gasteiger partial charge is 0.252 e. The molecule has 0 bridgehead atoms. The van der Waals surface area contributed by atoms with Gasteiger partial charge in [0.2, 0.25) is 28.7 Å². The number of hydrogen-bond acceptors (Lipinski definition) is 16. The number of nitrogens with two attached hydrogens (primary N) is 4. The zero-order chi connectivity index (χ0) is 65.3. The van der Waals surface area contributed by atoms with Crippen molar-refractivity contribution in [2.45, 2.75) is 136 Å². The Bertz CT molecular complexity index is 3180. The van der Waals surface area contributed by atoms with Crippen molar-refractivity contribution in [2.24, 2.45) is 28.9 Å². The lowest BCUT2D eigenvalue weighted by molar-refractivity contribution is -0.118. The summed E-state index contributed by atoms with van der Waals surface area (Å²) in [5, 5.41) is 10.6. The van der Waals surface area contributed by atoms with E-state index in [9.17, 15) is 57.5 Å². The molecule has 1 aliphatic carbocycles. The molecular formula is C65H80N8O12S4. The molecule has 1 aliphatic rings. The van der Waals surface area contributed by atoms with Gasteiger partial charge in [0.25, 0.3) is 23.6 Å². The average molecular weight is 1290 g/mol. The van der Waals surface area contributed by atoms with Gasteiger partial charge in [-0.25, -0.2) is 0 Å². The summed E-state index contributed by atoms with van der Waals surface area (Å²) < 4.78 is 0. The van der Waals surface area contributed by atoms with Gasteiger partial charge in [0, 0.05) is 95.8 Å². The Labute approximate surface area is 536 Å². The Balaban J connectivity index is 0.000000310. The van der Waals surface area contributed by atoms with Crippen LogP contribution in [0.1, 0.15) is 168 Å². The Morgan fingerprint density at radius 2 is 0.685 bits per heavy atom. The van der Waals surface area contributed by atoms with Gasteiger partial charge in [-0.1, -0.05) is 167 Å². The lowest BCUT2D eigenvalue weighted by Crippen LogP contribution is -2.28. The molecule has 0 aliphatic heterocycles. The Morgan fingerprint density at radius 1 is 0.371 bits per heavy atom. The normalized spacial score (nSPS) is 11.4. The van der Waals surface area contributed by atoms with Crippen LogP contribution >= 0.6 is 47.0 Å². The minimum absolute atomic E-state index is 0.0502. The number of unbranched alkanes of at least 4 members (excludes halogenated alkanes) is 3. The van der Waals surface area contributed by atoms with E-state index in [4.69, 9.17) is 22.9 Å². The molecule has 0 spiro atoms. The summed E-state index contributed by atoms with van der Waals surface area (Å²) in [5.41, 5.74) is 22.5.